The molecule has 1 fully saturated rings. The molecule has 104 valence electrons. The minimum Gasteiger partial charge on any atom is -0.480 e. The number of esters is 1. The van der Waals surface area contributed by atoms with Gasteiger partial charge in [-0.05, 0) is 0 Å². The fraction of sp³-hybridized carbons (Fsp3) is 0.778. The zero-order valence-corrected chi connectivity index (χ0v) is 10.9. The number of rotatable bonds is 5. The Morgan fingerprint density at radius 3 is 2.22 bits per heavy atom. The summed E-state index contributed by atoms with van der Waals surface area (Å²) in [6.45, 7) is 1.25. The zero-order valence-electron chi connectivity index (χ0n) is 10.0. The van der Waals surface area contributed by atoms with Crippen molar-refractivity contribution in [3.05, 3.63) is 0 Å². The number of carbonyl (C=O) groups excluding carboxylic acids is 1. The molecular weight excluding hydrogens is 264 g/mol. The van der Waals surface area contributed by atoms with Gasteiger partial charge in [0.1, 0.15) is 0 Å². The lowest BCUT2D eigenvalue weighted by Crippen LogP contribution is -2.51. The molecule has 0 radical (unpaired) electrons. The molecule has 0 saturated carbocycles. The summed E-state index contributed by atoms with van der Waals surface area (Å²) in [5.41, 5.74) is 0. The maximum absolute atomic E-state index is 11.6. The molecule has 1 heterocycles. The van der Waals surface area contributed by atoms with Crippen molar-refractivity contribution in [2.75, 3.05) is 45.6 Å². The van der Waals surface area contributed by atoms with Crippen LogP contribution in [-0.4, -0.2) is 80.3 Å². The number of nitrogens with zero attached hydrogens (tertiary/aromatic N) is 2. The highest BCUT2D eigenvalue weighted by Gasteiger charge is 2.29. The Bertz CT molecular complexity index is 413. The summed E-state index contributed by atoms with van der Waals surface area (Å²) in [5, 5.41) is 8.51. The van der Waals surface area contributed by atoms with Crippen molar-refractivity contribution in [2.24, 2.45) is 0 Å². The van der Waals surface area contributed by atoms with E-state index in [1.165, 1.54) is 7.11 Å². The van der Waals surface area contributed by atoms with Crippen molar-refractivity contribution in [1.82, 2.24) is 9.21 Å². The van der Waals surface area contributed by atoms with Crippen molar-refractivity contribution >= 4 is 22.0 Å². The van der Waals surface area contributed by atoms with Gasteiger partial charge in [0, 0.05) is 26.2 Å². The lowest BCUT2D eigenvalue weighted by atomic mass is 10.3. The average Bonchev–Trinajstić information content (AvgIpc) is 2.28. The normalized spacial score (nSPS) is 18.5. The molecule has 0 aromatic rings. The number of carbonyl (C=O) groups is 2. The van der Waals surface area contributed by atoms with Gasteiger partial charge in [0.25, 0.3) is 0 Å². The van der Waals surface area contributed by atoms with Gasteiger partial charge in [-0.15, -0.1) is 0 Å². The monoisotopic (exact) mass is 280 g/mol. The number of ether oxygens (including phenoxy) is 1. The number of piperazine rings is 1. The molecule has 1 aliphatic heterocycles. The topological polar surface area (TPSA) is 104 Å². The van der Waals surface area contributed by atoms with Crippen molar-refractivity contribution in [2.45, 2.75) is 0 Å². The van der Waals surface area contributed by atoms with Gasteiger partial charge in [-0.25, -0.2) is 8.42 Å². The van der Waals surface area contributed by atoms with Gasteiger partial charge in [-0.2, -0.15) is 4.31 Å². The van der Waals surface area contributed by atoms with Gasteiger partial charge in [0.15, 0.2) is 5.75 Å². The third-order valence-electron chi connectivity index (χ3n) is 2.61. The van der Waals surface area contributed by atoms with E-state index in [0.29, 0.717) is 13.1 Å². The Kier molecular flexibility index (Phi) is 5.05. The molecule has 18 heavy (non-hydrogen) atoms. The molecule has 0 unspecified atom stereocenters. The van der Waals surface area contributed by atoms with Crippen LogP contribution in [0.5, 0.6) is 0 Å². The van der Waals surface area contributed by atoms with Crippen molar-refractivity contribution in [1.29, 1.82) is 0 Å². The third-order valence-corrected chi connectivity index (χ3v) is 4.37. The number of carboxylic acid groups (broad SMARTS) is 1. The second-order valence-electron chi connectivity index (χ2n) is 3.90. The predicted molar refractivity (Wildman–Crippen MR) is 61.5 cm³/mol. The number of carboxylic acids is 1. The number of hydrogen-bond acceptors (Lipinski definition) is 6. The maximum atomic E-state index is 11.6. The lowest BCUT2D eigenvalue weighted by Gasteiger charge is -2.32. The molecule has 0 aliphatic carbocycles. The molecule has 8 nitrogen and oxygen atoms in total. The number of aliphatic carboxylic acids is 1. The molecule has 0 bridgehead atoms. The first-order valence-electron chi connectivity index (χ1n) is 5.34. The standard InChI is InChI=1S/C9H16N2O6S/c1-17-9(14)6-10-2-4-11(5-3-10)18(15,16)7-8(12)13/h2-7H2,1H3,(H,12,13). The summed E-state index contributed by atoms with van der Waals surface area (Å²) in [5.74, 6) is -2.65. The molecular formula is C9H16N2O6S. The summed E-state index contributed by atoms with van der Waals surface area (Å²) in [7, 11) is -2.46. The second-order valence-corrected chi connectivity index (χ2v) is 5.87. The summed E-state index contributed by atoms with van der Waals surface area (Å²) in [6, 6.07) is 0. The molecule has 1 N–H and O–H groups in total. The molecule has 0 atom stereocenters. The molecule has 1 aliphatic rings. The quantitative estimate of drug-likeness (QED) is 0.592. The van der Waals surface area contributed by atoms with E-state index in [4.69, 9.17) is 5.11 Å². The first kappa shape index (κ1) is 14.9. The van der Waals surface area contributed by atoms with Crippen LogP contribution in [0.15, 0.2) is 0 Å². The molecule has 9 heteroatoms. The van der Waals surface area contributed by atoms with Crippen LogP contribution in [0.25, 0.3) is 0 Å². The largest absolute Gasteiger partial charge is 0.480 e. The summed E-state index contributed by atoms with van der Waals surface area (Å²) in [4.78, 5) is 23.2. The lowest BCUT2D eigenvalue weighted by molar-refractivity contribution is -0.142. The minimum atomic E-state index is -3.75. The number of hydrogen-bond donors (Lipinski definition) is 1. The predicted octanol–water partition coefficient (Wildman–Crippen LogP) is -1.81. The SMILES string of the molecule is COC(=O)CN1CCN(S(=O)(=O)CC(=O)O)CC1. The first-order chi connectivity index (χ1) is 8.35. The van der Waals surface area contributed by atoms with Gasteiger partial charge < -0.3 is 9.84 Å². The molecule has 0 aromatic carbocycles. The minimum absolute atomic E-state index is 0.114. The molecule has 0 aromatic heterocycles. The van der Waals surface area contributed by atoms with E-state index in [1.807, 2.05) is 0 Å². The van der Waals surface area contributed by atoms with E-state index in [-0.39, 0.29) is 25.6 Å². The average molecular weight is 280 g/mol. The highest BCUT2D eigenvalue weighted by Crippen LogP contribution is 2.08. The fourth-order valence-electron chi connectivity index (χ4n) is 1.66. The van der Waals surface area contributed by atoms with E-state index in [2.05, 4.69) is 4.74 Å². The molecule has 0 amide bonds. The number of sulfonamides is 1. The first-order valence-corrected chi connectivity index (χ1v) is 6.95. The van der Waals surface area contributed by atoms with Crippen LogP contribution in [0.2, 0.25) is 0 Å². The highest BCUT2D eigenvalue weighted by atomic mass is 32.2. The molecule has 0 spiro atoms. The van der Waals surface area contributed by atoms with Crippen LogP contribution in [-0.2, 0) is 24.3 Å². The van der Waals surface area contributed by atoms with Gasteiger partial charge >= 0.3 is 11.9 Å². The summed E-state index contributed by atoms with van der Waals surface area (Å²) < 4.78 is 28.9. The Balaban J connectivity index is 2.48. The van der Waals surface area contributed by atoms with Crippen molar-refractivity contribution in [3.8, 4) is 0 Å². The van der Waals surface area contributed by atoms with E-state index in [9.17, 15) is 18.0 Å². The van der Waals surface area contributed by atoms with Crippen molar-refractivity contribution < 1.29 is 27.9 Å². The maximum Gasteiger partial charge on any atom is 0.320 e. The van der Waals surface area contributed by atoms with Crippen LogP contribution >= 0.6 is 0 Å². The second kappa shape index (κ2) is 6.12. The van der Waals surface area contributed by atoms with E-state index < -0.39 is 21.7 Å². The van der Waals surface area contributed by atoms with Crippen LogP contribution in [0.4, 0.5) is 0 Å². The van der Waals surface area contributed by atoms with Crippen LogP contribution in [0.1, 0.15) is 0 Å². The summed E-state index contributed by atoms with van der Waals surface area (Å²) in [6.07, 6.45) is 0. The van der Waals surface area contributed by atoms with Gasteiger partial charge in [0.05, 0.1) is 13.7 Å². The third kappa shape index (κ3) is 4.24. The van der Waals surface area contributed by atoms with E-state index in [0.717, 1.165) is 4.31 Å². The van der Waals surface area contributed by atoms with Gasteiger partial charge in [0.2, 0.25) is 10.0 Å². The molecule has 1 saturated heterocycles. The Morgan fingerprint density at radius 1 is 1.22 bits per heavy atom. The smallest absolute Gasteiger partial charge is 0.320 e. The highest BCUT2D eigenvalue weighted by molar-refractivity contribution is 7.89. The fourth-order valence-corrected chi connectivity index (χ4v) is 2.87. The number of methoxy groups -OCH3 is 1. The van der Waals surface area contributed by atoms with Crippen LogP contribution < -0.4 is 0 Å². The van der Waals surface area contributed by atoms with Gasteiger partial charge in [-0.3, -0.25) is 14.5 Å². The van der Waals surface area contributed by atoms with Crippen molar-refractivity contribution in [3.63, 3.8) is 0 Å². The Morgan fingerprint density at radius 2 is 1.78 bits per heavy atom. The van der Waals surface area contributed by atoms with E-state index >= 15 is 0 Å². The van der Waals surface area contributed by atoms with Crippen LogP contribution in [0, 0.1) is 0 Å². The summed E-state index contributed by atoms with van der Waals surface area (Å²) >= 11 is 0. The van der Waals surface area contributed by atoms with Crippen LogP contribution in [0.3, 0.4) is 0 Å². The van der Waals surface area contributed by atoms with E-state index in [1.54, 1.807) is 4.90 Å². The Hall–Kier alpha value is -1.19. The molecule has 1 rings (SSSR count). The Labute approximate surface area is 105 Å². The zero-order chi connectivity index (χ0) is 13.8. The van der Waals surface area contributed by atoms with Gasteiger partial charge in [-0.1, -0.05) is 0 Å².